The van der Waals surface area contributed by atoms with Crippen molar-refractivity contribution in [1.29, 1.82) is 0 Å². The van der Waals surface area contributed by atoms with Gasteiger partial charge in [0, 0.05) is 11.5 Å². The molecule has 0 atom stereocenters. The molecule has 1 aliphatic rings. The van der Waals surface area contributed by atoms with Gasteiger partial charge in [0.05, 0.1) is 16.9 Å². The molecule has 0 saturated carbocycles. The van der Waals surface area contributed by atoms with Gasteiger partial charge in [0.1, 0.15) is 11.6 Å². The monoisotopic (exact) mass is 298 g/mol. The van der Waals surface area contributed by atoms with E-state index in [0.29, 0.717) is 0 Å². The number of nitrogens with two attached hydrogens (primary N) is 1. The lowest BCUT2D eigenvalue weighted by Crippen LogP contribution is -2.41. The van der Waals surface area contributed by atoms with Crippen molar-refractivity contribution in [3.63, 3.8) is 0 Å². The van der Waals surface area contributed by atoms with Gasteiger partial charge in [-0.05, 0) is 33.8 Å². The van der Waals surface area contributed by atoms with Gasteiger partial charge in [-0.3, -0.25) is 0 Å². The van der Waals surface area contributed by atoms with E-state index in [4.69, 9.17) is 15.0 Å². The number of primary amides is 1. The third-order valence-electron chi connectivity index (χ3n) is 3.85. The van der Waals surface area contributed by atoms with E-state index in [1.165, 1.54) is 0 Å². The second-order valence-electron chi connectivity index (χ2n) is 5.93. The van der Waals surface area contributed by atoms with Crippen molar-refractivity contribution < 1.29 is 22.9 Å². The van der Waals surface area contributed by atoms with Crippen LogP contribution >= 0.6 is 0 Å². The summed E-state index contributed by atoms with van der Waals surface area (Å²) in [6.07, 6.45) is 0. The molecule has 8 heteroatoms. The molecule has 0 aliphatic carbocycles. The molecule has 1 fully saturated rings. The van der Waals surface area contributed by atoms with Crippen LogP contribution in [0, 0.1) is 11.6 Å². The van der Waals surface area contributed by atoms with Gasteiger partial charge in [0.2, 0.25) is 0 Å². The second kappa shape index (κ2) is 4.96. The number of hydrogen-bond acceptors (Lipinski definition) is 3. The molecule has 5 nitrogen and oxygen atoms in total. The Morgan fingerprint density at radius 2 is 1.67 bits per heavy atom. The van der Waals surface area contributed by atoms with Gasteiger partial charge in [-0.25, -0.2) is 13.6 Å². The summed E-state index contributed by atoms with van der Waals surface area (Å²) in [5.41, 5.74) is 3.16. The Labute approximate surface area is 121 Å². The van der Waals surface area contributed by atoms with Crippen LogP contribution in [-0.4, -0.2) is 24.4 Å². The van der Waals surface area contributed by atoms with E-state index in [0.717, 1.165) is 12.1 Å². The van der Waals surface area contributed by atoms with Crippen LogP contribution in [0.4, 0.5) is 19.3 Å². The fraction of sp³-hybridized carbons (Fsp3) is 0.462. The molecular weight excluding hydrogens is 281 g/mol. The highest BCUT2D eigenvalue weighted by Crippen LogP contribution is 2.36. The molecule has 1 aromatic rings. The molecule has 1 aliphatic heterocycles. The van der Waals surface area contributed by atoms with Crippen molar-refractivity contribution in [2.24, 2.45) is 5.73 Å². The third-order valence-corrected chi connectivity index (χ3v) is 3.85. The molecular formula is C13H17BF2N2O3. The number of carbonyl (C=O) groups excluding carboxylic acids is 1. The Bertz CT molecular complexity index is 577. The molecule has 0 radical (unpaired) electrons. The number of anilines is 1. The molecule has 114 valence electrons. The lowest BCUT2D eigenvalue weighted by molar-refractivity contribution is 0.00578. The number of benzene rings is 1. The molecule has 2 amide bonds. The molecule has 0 spiro atoms. The zero-order valence-corrected chi connectivity index (χ0v) is 12.3. The maximum Gasteiger partial charge on any atom is 0.497 e. The summed E-state index contributed by atoms with van der Waals surface area (Å²) >= 11 is 0. The van der Waals surface area contributed by atoms with Crippen LogP contribution in [0.2, 0.25) is 0 Å². The fourth-order valence-electron chi connectivity index (χ4n) is 1.94. The van der Waals surface area contributed by atoms with Crippen molar-refractivity contribution in [2.75, 3.05) is 5.32 Å². The highest BCUT2D eigenvalue weighted by Gasteiger charge is 2.52. The van der Waals surface area contributed by atoms with Crippen LogP contribution in [0.1, 0.15) is 27.7 Å². The number of hydrogen-bond donors (Lipinski definition) is 2. The van der Waals surface area contributed by atoms with Gasteiger partial charge in [-0.2, -0.15) is 0 Å². The largest absolute Gasteiger partial charge is 0.497 e. The van der Waals surface area contributed by atoms with E-state index < -0.39 is 36.0 Å². The normalized spacial score (nSPS) is 19.6. The first-order valence-electron chi connectivity index (χ1n) is 6.44. The number of nitrogens with one attached hydrogen (secondary N) is 1. The Hall–Kier alpha value is -1.67. The predicted octanol–water partition coefficient (Wildman–Crippen LogP) is 1.75. The molecule has 2 rings (SSSR count). The number of rotatable bonds is 2. The molecule has 21 heavy (non-hydrogen) atoms. The quantitative estimate of drug-likeness (QED) is 0.817. The van der Waals surface area contributed by atoms with Crippen LogP contribution < -0.4 is 16.5 Å². The highest BCUT2D eigenvalue weighted by molar-refractivity contribution is 6.62. The van der Waals surface area contributed by atoms with Crippen LogP contribution in [0.3, 0.4) is 0 Å². The second-order valence-corrected chi connectivity index (χ2v) is 5.93. The Kier molecular flexibility index (Phi) is 3.71. The topological polar surface area (TPSA) is 73.6 Å². The Balaban J connectivity index is 2.35. The van der Waals surface area contributed by atoms with E-state index in [9.17, 15) is 13.6 Å². The van der Waals surface area contributed by atoms with E-state index in [-0.39, 0.29) is 11.2 Å². The highest BCUT2D eigenvalue weighted by atomic mass is 19.1. The van der Waals surface area contributed by atoms with Gasteiger partial charge in [0.25, 0.3) is 0 Å². The molecule has 0 unspecified atom stereocenters. The molecule has 1 saturated heterocycles. The number of urea groups is 1. The molecule has 1 aromatic carbocycles. The van der Waals surface area contributed by atoms with Gasteiger partial charge in [-0.15, -0.1) is 0 Å². The van der Waals surface area contributed by atoms with Gasteiger partial charge in [0.15, 0.2) is 0 Å². The van der Waals surface area contributed by atoms with E-state index in [1.54, 1.807) is 0 Å². The lowest BCUT2D eigenvalue weighted by Gasteiger charge is -2.32. The Morgan fingerprint density at radius 3 is 2.14 bits per heavy atom. The maximum atomic E-state index is 14.1. The summed E-state index contributed by atoms with van der Waals surface area (Å²) in [6, 6.07) is 0.806. The summed E-state index contributed by atoms with van der Waals surface area (Å²) in [4.78, 5) is 10.7. The van der Waals surface area contributed by atoms with Crippen molar-refractivity contribution in [3.8, 4) is 0 Å². The standard InChI is InChI=1S/C13H17BF2N2O3/c1-12(2)13(3,4)21-14(20-12)7-5-9(16)10(6-8(7)15)18-11(17)19/h5-6H,1-4H3,(H3,17,18,19). The maximum absolute atomic E-state index is 14.1. The van der Waals surface area contributed by atoms with Gasteiger partial charge < -0.3 is 20.4 Å². The van der Waals surface area contributed by atoms with Crippen LogP contribution in [-0.2, 0) is 9.31 Å². The first kappa shape index (κ1) is 15.7. The van der Waals surface area contributed by atoms with Crippen LogP contribution in [0.15, 0.2) is 12.1 Å². The molecule has 3 N–H and O–H groups in total. The number of amides is 2. The minimum absolute atomic E-state index is 0.0684. The van der Waals surface area contributed by atoms with E-state index in [2.05, 4.69) is 0 Å². The SMILES string of the molecule is CC1(C)OB(c2cc(F)c(NC(N)=O)cc2F)OC1(C)C. The van der Waals surface area contributed by atoms with Crippen LogP contribution in [0.25, 0.3) is 0 Å². The van der Waals surface area contributed by atoms with E-state index in [1.807, 2.05) is 33.0 Å². The van der Waals surface area contributed by atoms with Crippen LogP contribution in [0.5, 0.6) is 0 Å². The molecule has 0 aromatic heterocycles. The minimum Gasteiger partial charge on any atom is -0.399 e. The van der Waals surface area contributed by atoms with Crippen molar-refractivity contribution >= 4 is 24.3 Å². The summed E-state index contributed by atoms with van der Waals surface area (Å²) < 4.78 is 39.3. The van der Waals surface area contributed by atoms with Crippen molar-refractivity contribution in [1.82, 2.24) is 0 Å². The molecule has 0 bridgehead atoms. The summed E-state index contributed by atoms with van der Waals surface area (Å²) in [5.74, 6) is -1.57. The smallest absolute Gasteiger partial charge is 0.399 e. The minimum atomic E-state index is -1.02. The predicted molar refractivity (Wildman–Crippen MR) is 75.3 cm³/mol. The summed E-state index contributed by atoms with van der Waals surface area (Å²) in [5, 5.41) is 2.01. The average Bonchev–Trinajstić information content (AvgIpc) is 2.52. The molecule has 1 heterocycles. The first-order chi connectivity index (χ1) is 9.53. The zero-order chi connectivity index (χ0) is 16.0. The first-order valence-corrected chi connectivity index (χ1v) is 6.44. The third kappa shape index (κ3) is 2.86. The average molecular weight is 298 g/mol. The van der Waals surface area contributed by atoms with E-state index >= 15 is 0 Å². The van der Waals surface area contributed by atoms with Gasteiger partial charge in [-0.1, -0.05) is 0 Å². The van der Waals surface area contributed by atoms with Crippen molar-refractivity contribution in [2.45, 2.75) is 38.9 Å². The van der Waals surface area contributed by atoms with Crippen molar-refractivity contribution in [3.05, 3.63) is 23.8 Å². The number of halogens is 2. The van der Waals surface area contributed by atoms with Gasteiger partial charge >= 0.3 is 13.1 Å². The zero-order valence-electron chi connectivity index (χ0n) is 12.3. The lowest BCUT2D eigenvalue weighted by atomic mass is 9.78. The fourth-order valence-corrected chi connectivity index (χ4v) is 1.94. The summed E-state index contributed by atoms with van der Waals surface area (Å²) in [7, 11) is -1.02. The Morgan fingerprint density at radius 1 is 1.14 bits per heavy atom. The number of carbonyl (C=O) groups is 1. The summed E-state index contributed by atoms with van der Waals surface area (Å²) in [6.45, 7) is 7.24.